The van der Waals surface area contributed by atoms with E-state index in [-0.39, 0.29) is 17.5 Å². The van der Waals surface area contributed by atoms with Crippen molar-refractivity contribution in [1.29, 1.82) is 0 Å². The molecule has 162 valence electrons. The van der Waals surface area contributed by atoms with Crippen molar-refractivity contribution >= 4 is 5.97 Å². The fraction of sp³-hybridized carbons (Fsp3) is 0.667. The summed E-state index contributed by atoms with van der Waals surface area (Å²) in [5.74, 6) is 3.18. The highest BCUT2D eigenvalue weighted by Gasteiger charge is 2.59. The first-order chi connectivity index (χ1) is 14.4. The summed E-state index contributed by atoms with van der Waals surface area (Å²) < 4.78 is 12.1. The van der Waals surface area contributed by atoms with Crippen LogP contribution >= 0.6 is 0 Å². The summed E-state index contributed by atoms with van der Waals surface area (Å²) in [5, 5.41) is 0. The molecule has 3 fully saturated rings. The summed E-state index contributed by atoms with van der Waals surface area (Å²) in [6.45, 7) is 6.55. The topological polar surface area (TPSA) is 35.5 Å². The number of carbonyl (C=O) groups excluding carboxylic acids is 1. The number of hydrogen-bond acceptors (Lipinski definition) is 3. The van der Waals surface area contributed by atoms with Gasteiger partial charge in [0.15, 0.2) is 0 Å². The Morgan fingerprint density at radius 2 is 1.80 bits per heavy atom. The second kappa shape index (κ2) is 7.43. The van der Waals surface area contributed by atoms with Crippen LogP contribution in [0.3, 0.4) is 0 Å². The third-order valence-electron chi connectivity index (χ3n) is 9.33. The molecule has 7 atom stereocenters. The highest BCUT2D eigenvalue weighted by atomic mass is 16.5. The SMILES string of the molecule is CC(=O)O[C@@H]1CC[C@@]2(C)C(=CC[C@H]3[C@@H]4CC[C@H](Oc5ccccc5)[C@@]4(C)CC[C@@H]32)C1. The van der Waals surface area contributed by atoms with Crippen LogP contribution in [-0.4, -0.2) is 18.2 Å². The van der Waals surface area contributed by atoms with Crippen LogP contribution in [0.1, 0.15) is 72.1 Å². The molecule has 0 radical (unpaired) electrons. The Morgan fingerprint density at radius 1 is 1.00 bits per heavy atom. The van der Waals surface area contributed by atoms with Crippen molar-refractivity contribution in [3.8, 4) is 5.75 Å². The van der Waals surface area contributed by atoms with E-state index in [1.54, 1.807) is 5.57 Å². The van der Waals surface area contributed by atoms with E-state index in [1.807, 2.05) is 0 Å². The Balaban J connectivity index is 1.35. The Bertz CT molecular complexity index is 830. The number of esters is 1. The molecule has 1 aromatic carbocycles. The van der Waals surface area contributed by atoms with E-state index in [1.165, 1.54) is 39.0 Å². The molecule has 3 heteroatoms. The molecule has 0 spiro atoms. The maximum atomic E-state index is 11.4. The quantitative estimate of drug-likeness (QED) is 0.433. The van der Waals surface area contributed by atoms with Gasteiger partial charge in [-0.3, -0.25) is 4.79 Å². The zero-order valence-corrected chi connectivity index (χ0v) is 18.7. The lowest BCUT2D eigenvalue weighted by Crippen LogP contribution is -2.52. The molecule has 0 unspecified atom stereocenters. The minimum Gasteiger partial charge on any atom is -0.490 e. The first-order valence-electron chi connectivity index (χ1n) is 12.0. The van der Waals surface area contributed by atoms with Gasteiger partial charge in [-0.2, -0.15) is 0 Å². The molecule has 0 heterocycles. The molecule has 30 heavy (non-hydrogen) atoms. The second-order valence-electron chi connectivity index (χ2n) is 10.8. The number of fused-ring (bicyclic) bond motifs is 5. The van der Waals surface area contributed by atoms with Crippen LogP contribution in [0.15, 0.2) is 42.0 Å². The second-order valence-corrected chi connectivity index (χ2v) is 10.8. The highest BCUT2D eigenvalue weighted by Crippen LogP contribution is 2.65. The van der Waals surface area contributed by atoms with Gasteiger partial charge in [-0.25, -0.2) is 0 Å². The van der Waals surface area contributed by atoms with Gasteiger partial charge in [-0.1, -0.05) is 43.7 Å². The van der Waals surface area contributed by atoms with Gasteiger partial charge in [-0.15, -0.1) is 0 Å². The molecule has 4 aliphatic rings. The predicted molar refractivity (Wildman–Crippen MR) is 118 cm³/mol. The lowest BCUT2D eigenvalue weighted by molar-refractivity contribution is -0.148. The molecule has 0 bridgehead atoms. The average Bonchev–Trinajstić information content (AvgIpc) is 3.05. The van der Waals surface area contributed by atoms with Crippen LogP contribution in [0.25, 0.3) is 0 Å². The molecule has 0 aliphatic heterocycles. The van der Waals surface area contributed by atoms with Crippen LogP contribution in [0.5, 0.6) is 5.75 Å². The third kappa shape index (κ3) is 3.20. The summed E-state index contributed by atoms with van der Waals surface area (Å²) >= 11 is 0. The standard InChI is InChI=1S/C27H36O3/c1-18(28)29-21-13-15-26(2)19(17-21)9-10-22-23-11-12-25(27(23,3)16-14-24(22)26)30-20-7-5-4-6-8-20/h4-9,21-25H,10-17H2,1-3H3/t21-,22+,23+,24+,25+,26+,27+/m1/s1. The van der Waals surface area contributed by atoms with Gasteiger partial charge in [0.25, 0.3) is 0 Å². The van der Waals surface area contributed by atoms with Crippen molar-refractivity contribution in [1.82, 2.24) is 0 Å². The minimum absolute atomic E-state index is 0.0855. The van der Waals surface area contributed by atoms with Crippen molar-refractivity contribution in [3.63, 3.8) is 0 Å². The van der Waals surface area contributed by atoms with Gasteiger partial charge in [0.05, 0.1) is 0 Å². The Labute approximate surface area is 181 Å². The Kier molecular flexibility index (Phi) is 4.99. The molecule has 1 aromatic rings. The molecule has 0 N–H and O–H groups in total. The van der Waals surface area contributed by atoms with Crippen LogP contribution in [0.2, 0.25) is 0 Å². The zero-order valence-electron chi connectivity index (χ0n) is 18.7. The van der Waals surface area contributed by atoms with Crippen LogP contribution in [0.4, 0.5) is 0 Å². The maximum absolute atomic E-state index is 11.4. The van der Waals surface area contributed by atoms with E-state index in [9.17, 15) is 4.79 Å². The summed E-state index contributed by atoms with van der Waals surface area (Å²) in [7, 11) is 0. The lowest BCUT2D eigenvalue weighted by atomic mass is 9.48. The van der Waals surface area contributed by atoms with Gasteiger partial charge in [-0.05, 0) is 80.2 Å². The summed E-state index contributed by atoms with van der Waals surface area (Å²) in [4.78, 5) is 11.4. The van der Waals surface area contributed by atoms with Gasteiger partial charge in [0.1, 0.15) is 18.0 Å². The normalized spacial score (nSPS) is 42.4. The number of hydrogen-bond donors (Lipinski definition) is 0. The Morgan fingerprint density at radius 3 is 2.57 bits per heavy atom. The maximum Gasteiger partial charge on any atom is 0.302 e. The van der Waals surface area contributed by atoms with Gasteiger partial charge in [0.2, 0.25) is 0 Å². The first-order valence-corrected chi connectivity index (χ1v) is 12.0. The smallest absolute Gasteiger partial charge is 0.302 e. The molecule has 3 saturated carbocycles. The van der Waals surface area contributed by atoms with E-state index in [2.05, 4.69) is 50.3 Å². The van der Waals surface area contributed by atoms with Gasteiger partial charge < -0.3 is 9.47 Å². The number of para-hydroxylation sites is 1. The van der Waals surface area contributed by atoms with Crippen molar-refractivity contribution in [2.45, 2.75) is 84.3 Å². The zero-order chi connectivity index (χ0) is 20.9. The average molecular weight is 409 g/mol. The van der Waals surface area contributed by atoms with Crippen LogP contribution < -0.4 is 4.74 Å². The van der Waals surface area contributed by atoms with Crippen LogP contribution in [0, 0.1) is 28.6 Å². The van der Waals surface area contributed by atoms with Crippen molar-refractivity contribution in [3.05, 3.63) is 42.0 Å². The monoisotopic (exact) mass is 408 g/mol. The van der Waals surface area contributed by atoms with E-state index >= 15 is 0 Å². The lowest BCUT2D eigenvalue weighted by Gasteiger charge is -2.57. The fourth-order valence-corrected chi connectivity index (χ4v) is 7.77. The molecule has 0 saturated heterocycles. The van der Waals surface area contributed by atoms with E-state index < -0.39 is 0 Å². The number of benzene rings is 1. The fourth-order valence-electron chi connectivity index (χ4n) is 7.77. The summed E-state index contributed by atoms with van der Waals surface area (Å²) in [6.07, 6.45) is 12.3. The predicted octanol–water partition coefficient (Wildman–Crippen LogP) is 6.33. The Hall–Kier alpha value is -1.77. The largest absolute Gasteiger partial charge is 0.490 e. The van der Waals surface area contributed by atoms with Crippen molar-refractivity contribution in [2.75, 3.05) is 0 Å². The van der Waals surface area contributed by atoms with Crippen LogP contribution in [-0.2, 0) is 9.53 Å². The molecular weight excluding hydrogens is 372 g/mol. The summed E-state index contributed by atoms with van der Waals surface area (Å²) in [6, 6.07) is 10.4. The van der Waals surface area contributed by atoms with E-state index in [0.717, 1.165) is 42.8 Å². The van der Waals surface area contributed by atoms with Gasteiger partial charge >= 0.3 is 5.97 Å². The number of rotatable bonds is 3. The van der Waals surface area contributed by atoms with E-state index in [0.29, 0.717) is 11.5 Å². The molecule has 4 aliphatic carbocycles. The third-order valence-corrected chi connectivity index (χ3v) is 9.33. The number of allylic oxidation sites excluding steroid dienone is 1. The van der Waals surface area contributed by atoms with Crippen molar-refractivity contribution in [2.24, 2.45) is 28.6 Å². The number of carbonyl (C=O) groups is 1. The minimum atomic E-state index is -0.137. The van der Waals surface area contributed by atoms with Gasteiger partial charge in [0, 0.05) is 18.8 Å². The highest BCUT2D eigenvalue weighted by molar-refractivity contribution is 5.66. The molecule has 0 aromatic heterocycles. The first kappa shape index (κ1) is 20.2. The van der Waals surface area contributed by atoms with E-state index in [4.69, 9.17) is 9.47 Å². The molecular formula is C27H36O3. The molecule has 5 rings (SSSR count). The number of ether oxygens (including phenoxy) is 2. The molecule has 0 amide bonds. The van der Waals surface area contributed by atoms with Crippen molar-refractivity contribution < 1.29 is 14.3 Å². The molecule has 3 nitrogen and oxygen atoms in total. The summed E-state index contributed by atoms with van der Waals surface area (Å²) in [5.41, 5.74) is 2.15.